The van der Waals surface area contributed by atoms with Gasteiger partial charge < -0.3 is 9.84 Å². The van der Waals surface area contributed by atoms with E-state index in [2.05, 4.69) is 6.58 Å². The van der Waals surface area contributed by atoms with E-state index >= 15 is 0 Å². The van der Waals surface area contributed by atoms with Gasteiger partial charge in [0, 0.05) is 6.08 Å². The molecule has 3 aliphatic rings. The molecule has 0 amide bonds. The van der Waals surface area contributed by atoms with Crippen molar-refractivity contribution in [3.05, 3.63) is 12.7 Å². The standard InChI is InChI=1S/C15H22O3/c1-2-13(16)18-12-9-11-6-3-5-10-7-4-8-15(12,17)14(10)11/h2,10-12,14,17H,1,3-9H2. The lowest BCUT2D eigenvalue weighted by Crippen LogP contribution is -2.51. The van der Waals surface area contributed by atoms with Crippen LogP contribution < -0.4 is 0 Å². The topological polar surface area (TPSA) is 46.5 Å². The molecule has 0 aromatic carbocycles. The summed E-state index contributed by atoms with van der Waals surface area (Å²) in [6, 6.07) is 0. The van der Waals surface area contributed by atoms with E-state index in [1.54, 1.807) is 0 Å². The molecule has 3 fully saturated rings. The Balaban J connectivity index is 1.85. The van der Waals surface area contributed by atoms with Crippen molar-refractivity contribution in [1.29, 1.82) is 0 Å². The maximum Gasteiger partial charge on any atom is 0.330 e. The predicted molar refractivity (Wildman–Crippen MR) is 67.8 cm³/mol. The second-order valence-corrected chi connectivity index (χ2v) is 6.23. The maximum atomic E-state index is 11.4. The van der Waals surface area contributed by atoms with Gasteiger partial charge in [0.1, 0.15) is 11.7 Å². The van der Waals surface area contributed by atoms with E-state index in [-0.39, 0.29) is 6.10 Å². The van der Waals surface area contributed by atoms with Crippen LogP contribution in [0.1, 0.15) is 44.9 Å². The summed E-state index contributed by atoms with van der Waals surface area (Å²) < 4.78 is 5.43. The number of rotatable bonds is 2. The second-order valence-electron chi connectivity index (χ2n) is 6.23. The molecule has 0 saturated heterocycles. The Kier molecular flexibility index (Phi) is 2.97. The van der Waals surface area contributed by atoms with Crippen LogP contribution >= 0.6 is 0 Å². The van der Waals surface area contributed by atoms with E-state index in [0.29, 0.717) is 17.8 Å². The van der Waals surface area contributed by atoms with Gasteiger partial charge >= 0.3 is 5.97 Å². The molecule has 0 bridgehead atoms. The van der Waals surface area contributed by atoms with Crippen molar-refractivity contribution in [3.8, 4) is 0 Å². The van der Waals surface area contributed by atoms with E-state index < -0.39 is 11.6 Å². The Morgan fingerprint density at radius 1 is 1.28 bits per heavy atom. The molecule has 3 heteroatoms. The van der Waals surface area contributed by atoms with Gasteiger partial charge in [0.2, 0.25) is 0 Å². The van der Waals surface area contributed by atoms with Gasteiger partial charge in [-0.05, 0) is 43.4 Å². The summed E-state index contributed by atoms with van der Waals surface area (Å²) in [5.41, 5.74) is -0.757. The predicted octanol–water partition coefficient (Wildman–Crippen LogP) is 2.44. The van der Waals surface area contributed by atoms with Crippen molar-refractivity contribution in [2.75, 3.05) is 0 Å². The molecule has 0 spiro atoms. The van der Waals surface area contributed by atoms with E-state index in [9.17, 15) is 9.90 Å². The highest BCUT2D eigenvalue weighted by Gasteiger charge is 2.60. The van der Waals surface area contributed by atoms with Crippen LogP contribution in [-0.2, 0) is 9.53 Å². The number of carbonyl (C=O) groups excluding carboxylic acids is 1. The molecular weight excluding hydrogens is 228 g/mol. The van der Waals surface area contributed by atoms with Crippen LogP contribution in [0.5, 0.6) is 0 Å². The van der Waals surface area contributed by atoms with Crippen LogP contribution in [0.4, 0.5) is 0 Å². The van der Waals surface area contributed by atoms with Gasteiger partial charge in [-0.3, -0.25) is 0 Å². The minimum Gasteiger partial charge on any atom is -0.456 e. The normalized spacial score (nSPS) is 46.3. The lowest BCUT2D eigenvalue weighted by molar-refractivity contribution is -0.168. The molecule has 0 radical (unpaired) electrons. The number of aliphatic hydroxyl groups is 1. The number of carbonyl (C=O) groups is 1. The van der Waals surface area contributed by atoms with Gasteiger partial charge in [-0.25, -0.2) is 4.79 Å². The molecule has 100 valence electrons. The summed E-state index contributed by atoms with van der Waals surface area (Å²) in [7, 11) is 0. The Morgan fingerprint density at radius 3 is 2.78 bits per heavy atom. The van der Waals surface area contributed by atoms with E-state index in [4.69, 9.17) is 4.74 Å². The van der Waals surface area contributed by atoms with Gasteiger partial charge in [-0.2, -0.15) is 0 Å². The Bertz CT molecular complexity index is 363. The van der Waals surface area contributed by atoms with E-state index in [0.717, 1.165) is 19.3 Å². The van der Waals surface area contributed by atoms with Crippen LogP contribution in [0.2, 0.25) is 0 Å². The molecule has 0 aliphatic heterocycles. The van der Waals surface area contributed by atoms with Gasteiger partial charge in [0.05, 0.1) is 0 Å². The first-order valence-corrected chi connectivity index (χ1v) is 7.20. The van der Waals surface area contributed by atoms with Crippen molar-refractivity contribution in [3.63, 3.8) is 0 Å². The minimum atomic E-state index is -0.757. The van der Waals surface area contributed by atoms with Crippen molar-refractivity contribution in [1.82, 2.24) is 0 Å². The molecule has 3 nitrogen and oxygen atoms in total. The summed E-state index contributed by atoms with van der Waals surface area (Å²) in [6.07, 6.45) is 8.53. The molecule has 5 atom stereocenters. The van der Waals surface area contributed by atoms with Crippen LogP contribution in [0.15, 0.2) is 12.7 Å². The third-order valence-electron chi connectivity index (χ3n) is 5.39. The molecule has 18 heavy (non-hydrogen) atoms. The van der Waals surface area contributed by atoms with Crippen molar-refractivity contribution in [2.45, 2.75) is 56.7 Å². The molecule has 5 unspecified atom stereocenters. The Labute approximate surface area is 108 Å². The van der Waals surface area contributed by atoms with Crippen molar-refractivity contribution in [2.24, 2.45) is 17.8 Å². The highest BCUT2D eigenvalue weighted by atomic mass is 16.6. The number of ether oxygens (including phenoxy) is 1. The first-order valence-electron chi connectivity index (χ1n) is 7.20. The van der Waals surface area contributed by atoms with Crippen molar-refractivity contribution >= 4 is 5.97 Å². The smallest absolute Gasteiger partial charge is 0.330 e. The highest BCUT2D eigenvalue weighted by Crippen LogP contribution is 2.57. The zero-order valence-corrected chi connectivity index (χ0v) is 10.8. The van der Waals surface area contributed by atoms with Crippen molar-refractivity contribution < 1.29 is 14.6 Å². The molecule has 0 aromatic heterocycles. The molecule has 3 saturated carbocycles. The van der Waals surface area contributed by atoms with E-state index in [1.807, 2.05) is 0 Å². The fourth-order valence-electron chi connectivity index (χ4n) is 4.80. The zero-order valence-electron chi connectivity index (χ0n) is 10.8. The first-order chi connectivity index (χ1) is 8.65. The van der Waals surface area contributed by atoms with Gasteiger partial charge in [-0.1, -0.05) is 25.8 Å². The number of hydrogen-bond donors (Lipinski definition) is 1. The molecule has 0 heterocycles. The van der Waals surface area contributed by atoms with Gasteiger partial charge in [0.25, 0.3) is 0 Å². The SMILES string of the molecule is C=CC(=O)OC1CC2CCCC3CCCC1(O)C32. The van der Waals surface area contributed by atoms with Crippen LogP contribution in [0.3, 0.4) is 0 Å². The monoisotopic (exact) mass is 250 g/mol. The fraction of sp³-hybridized carbons (Fsp3) is 0.800. The summed E-state index contributed by atoms with van der Waals surface area (Å²) in [4.78, 5) is 11.4. The average Bonchev–Trinajstić information content (AvgIpc) is 2.65. The summed E-state index contributed by atoms with van der Waals surface area (Å²) in [5, 5.41) is 11.0. The zero-order chi connectivity index (χ0) is 12.8. The summed E-state index contributed by atoms with van der Waals surface area (Å²) in [6.45, 7) is 3.44. The Morgan fingerprint density at radius 2 is 2.00 bits per heavy atom. The largest absolute Gasteiger partial charge is 0.456 e. The molecule has 1 N–H and O–H groups in total. The van der Waals surface area contributed by atoms with Crippen LogP contribution in [0, 0.1) is 17.8 Å². The summed E-state index contributed by atoms with van der Waals surface area (Å²) in [5.74, 6) is 1.17. The third kappa shape index (κ3) is 1.71. The fourth-order valence-corrected chi connectivity index (χ4v) is 4.80. The van der Waals surface area contributed by atoms with E-state index in [1.165, 1.54) is 31.8 Å². The minimum absolute atomic E-state index is 0.307. The summed E-state index contributed by atoms with van der Waals surface area (Å²) >= 11 is 0. The molecule has 3 aliphatic carbocycles. The number of esters is 1. The first kappa shape index (κ1) is 12.2. The van der Waals surface area contributed by atoms with Crippen LogP contribution in [0.25, 0.3) is 0 Å². The highest BCUT2D eigenvalue weighted by molar-refractivity contribution is 5.81. The third-order valence-corrected chi connectivity index (χ3v) is 5.39. The molecule has 0 aromatic rings. The lowest BCUT2D eigenvalue weighted by atomic mass is 9.63. The average molecular weight is 250 g/mol. The van der Waals surface area contributed by atoms with Crippen LogP contribution in [-0.4, -0.2) is 22.8 Å². The van der Waals surface area contributed by atoms with Gasteiger partial charge in [-0.15, -0.1) is 0 Å². The quantitative estimate of drug-likeness (QED) is 0.605. The maximum absolute atomic E-state index is 11.4. The lowest BCUT2D eigenvalue weighted by Gasteiger charge is -2.46. The van der Waals surface area contributed by atoms with Gasteiger partial charge in [0.15, 0.2) is 0 Å². The molecule has 3 rings (SSSR count). The number of hydrogen-bond acceptors (Lipinski definition) is 3. The molecular formula is C15H22O3. The Hall–Kier alpha value is -0.830. The second kappa shape index (κ2) is 4.37.